The fraction of sp³-hybridized carbons (Fsp3) is 0.417. The first-order valence-electron chi connectivity index (χ1n) is 11.6. The summed E-state index contributed by atoms with van der Waals surface area (Å²) >= 11 is 0. The van der Waals surface area contributed by atoms with Gasteiger partial charge in [0.15, 0.2) is 6.20 Å². The van der Waals surface area contributed by atoms with E-state index >= 15 is 0 Å². The number of aliphatic hydroxyl groups is 1. The lowest BCUT2D eigenvalue weighted by atomic mass is 9.79. The van der Waals surface area contributed by atoms with Crippen molar-refractivity contribution in [2.75, 3.05) is 19.6 Å². The van der Waals surface area contributed by atoms with Gasteiger partial charge in [-0.05, 0) is 49.6 Å². The van der Waals surface area contributed by atoms with E-state index in [1.165, 1.54) is 32.7 Å². The minimum Gasteiger partial charge on any atom is -0.380 e. The molecule has 6 rings (SSSR count). The summed E-state index contributed by atoms with van der Waals surface area (Å²) in [6.07, 6.45) is -2.14. The van der Waals surface area contributed by atoms with E-state index in [-0.39, 0.29) is 42.2 Å². The SMILES string of the molecule is CC12CN(C(=O)C3(O)CCC3)CCN1C(=O)c1cn3nc(-c4ccc(F)cc4)cc(C(F)(F)F)c3[n+]12. The van der Waals surface area contributed by atoms with E-state index in [0.717, 1.165) is 29.1 Å². The molecule has 2 aliphatic heterocycles. The van der Waals surface area contributed by atoms with Gasteiger partial charge in [0, 0.05) is 25.6 Å². The lowest BCUT2D eigenvalue weighted by Gasteiger charge is -2.46. The van der Waals surface area contributed by atoms with Crippen molar-refractivity contribution in [3.63, 3.8) is 0 Å². The van der Waals surface area contributed by atoms with Crippen LogP contribution in [-0.2, 0) is 16.6 Å². The molecule has 12 heteroatoms. The maximum absolute atomic E-state index is 14.4. The first-order valence-corrected chi connectivity index (χ1v) is 11.6. The zero-order valence-corrected chi connectivity index (χ0v) is 19.2. The van der Waals surface area contributed by atoms with Crippen LogP contribution < -0.4 is 4.57 Å². The van der Waals surface area contributed by atoms with Crippen molar-refractivity contribution in [1.29, 1.82) is 0 Å². The molecule has 1 N–H and O–H groups in total. The quantitative estimate of drug-likeness (QED) is 0.429. The van der Waals surface area contributed by atoms with Crippen LogP contribution in [0.1, 0.15) is 42.2 Å². The predicted octanol–water partition coefficient (Wildman–Crippen LogP) is 2.33. The highest BCUT2D eigenvalue weighted by molar-refractivity contribution is 5.93. The summed E-state index contributed by atoms with van der Waals surface area (Å²) in [5, 5.41) is 14.9. The Morgan fingerprint density at radius 1 is 1.17 bits per heavy atom. The predicted molar refractivity (Wildman–Crippen MR) is 116 cm³/mol. The smallest absolute Gasteiger partial charge is 0.380 e. The molecule has 3 aliphatic rings. The molecule has 1 unspecified atom stereocenters. The van der Waals surface area contributed by atoms with E-state index in [0.29, 0.717) is 12.8 Å². The fourth-order valence-electron chi connectivity index (χ4n) is 5.56. The molecule has 2 amide bonds. The highest BCUT2D eigenvalue weighted by Gasteiger charge is 2.59. The average molecular weight is 504 g/mol. The molecule has 8 nitrogen and oxygen atoms in total. The van der Waals surface area contributed by atoms with Gasteiger partial charge in [0.05, 0.1) is 6.54 Å². The van der Waals surface area contributed by atoms with Gasteiger partial charge < -0.3 is 10.0 Å². The monoisotopic (exact) mass is 504 g/mol. The van der Waals surface area contributed by atoms with Crippen molar-refractivity contribution in [3.8, 4) is 11.3 Å². The van der Waals surface area contributed by atoms with Gasteiger partial charge in [-0.3, -0.25) is 14.5 Å². The number of hydrogen-bond donors (Lipinski definition) is 1. The van der Waals surface area contributed by atoms with Crippen molar-refractivity contribution < 1.29 is 36.8 Å². The van der Waals surface area contributed by atoms with Crippen molar-refractivity contribution in [2.45, 2.75) is 43.6 Å². The molecule has 1 aliphatic carbocycles. The topological polar surface area (TPSA) is 82.0 Å². The van der Waals surface area contributed by atoms with E-state index in [1.54, 1.807) is 6.92 Å². The number of hydrogen-bond acceptors (Lipinski definition) is 4. The number of carbonyl (C=O) groups excluding carboxylic acids is 2. The maximum Gasteiger partial charge on any atom is 0.424 e. The molecule has 0 spiro atoms. The minimum atomic E-state index is -4.80. The van der Waals surface area contributed by atoms with Crippen molar-refractivity contribution in [2.24, 2.45) is 0 Å². The van der Waals surface area contributed by atoms with E-state index < -0.39 is 40.6 Å². The summed E-state index contributed by atoms with van der Waals surface area (Å²) < 4.78 is 58.8. The standard InChI is InChI=1S/C24H22F4N5O3/c1-22-13-30(21(35)23(36)7-2-8-23)9-10-31(22)20(34)18-12-32-19(33(18)22)16(24(26,27)28)11-17(29-32)14-3-5-15(25)6-4-14/h3-6,11-12,36H,2,7-10,13H2,1H3/q+1. The summed E-state index contributed by atoms with van der Waals surface area (Å²) in [5.74, 6) is -1.46. The fourth-order valence-corrected chi connectivity index (χ4v) is 5.56. The third-order valence-electron chi connectivity index (χ3n) is 7.57. The van der Waals surface area contributed by atoms with Crippen LogP contribution in [0.15, 0.2) is 36.5 Å². The summed E-state index contributed by atoms with van der Waals surface area (Å²) in [4.78, 5) is 29.2. The highest BCUT2D eigenvalue weighted by atomic mass is 19.4. The normalized spacial score (nSPS) is 23.0. The summed E-state index contributed by atoms with van der Waals surface area (Å²) in [7, 11) is 0. The zero-order valence-electron chi connectivity index (χ0n) is 19.2. The van der Waals surface area contributed by atoms with E-state index in [4.69, 9.17) is 0 Å². The number of rotatable bonds is 2. The molecule has 1 aromatic carbocycles. The summed E-state index contributed by atoms with van der Waals surface area (Å²) in [5.41, 5.74) is -3.85. The van der Waals surface area contributed by atoms with Gasteiger partial charge in [0.1, 0.15) is 22.7 Å². The zero-order chi connectivity index (χ0) is 25.6. The number of aromatic nitrogens is 3. The van der Waals surface area contributed by atoms with Crippen LogP contribution in [-0.4, -0.2) is 61.6 Å². The van der Waals surface area contributed by atoms with Gasteiger partial charge in [0.2, 0.25) is 11.4 Å². The Morgan fingerprint density at radius 2 is 1.86 bits per heavy atom. The number of halogens is 4. The van der Waals surface area contributed by atoms with Crippen molar-refractivity contribution in [3.05, 3.63) is 53.6 Å². The van der Waals surface area contributed by atoms with E-state index in [1.807, 2.05) is 0 Å². The van der Waals surface area contributed by atoms with Crippen molar-refractivity contribution >= 4 is 17.5 Å². The molecule has 2 fully saturated rings. The number of nitrogens with zero attached hydrogens (tertiary/aromatic N) is 5. The van der Waals surface area contributed by atoms with Crippen LogP contribution in [0.3, 0.4) is 0 Å². The van der Waals surface area contributed by atoms with Gasteiger partial charge in [-0.2, -0.15) is 17.7 Å². The lowest BCUT2D eigenvalue weighted by Crippen LogP contribution is -2.71. The Balaban J connectivity index is 1.52. The summed E-state index contributed by atoms with van der Waals surface area (Å²) in [6, 6.07) is 5.81. The molecule has 4 heterocycles. The first kappa shape index (κ1) is 22.9. The van der Waals surface area contributed by atoms with E-state index in [9.17, 15) is 32.3 Å². The van der Waals surface area contributed by atoms with Crippen LogP contribution >= 0.6 is 0 Å². The molecule has 188 valence electrons. The molecule has 2 aromatic heterocycles. The molecule has 0 bridgehead atoms. The second-order valence-corrected chi connectivity index (χ2v) is 9.85. The second kappa shape index (κ2) is 7.25. The maximum atomic E-state index is 14.4. The van der Waals surface area contributed by atoms with Crippen LogP contribution in [0, 0.1) is 5.82 Å². The third-order valence-corrected chi connectivity index (χ3v) is 7.57. The number of alkyl halides is 3. The Bertz CT molecular complexity index is 1430. The van der Waals surface area contributed by atoms with Gasteiger partial charge >= 0.3 is 17.7 Å². The second-order valence-electron chi connectivity index (χ2n) is 9.85. The largest absolute Gasteiger partial charge is 0.424 e. The van der Waals surface area contributed by atoms with E-state index in [2.05, 4.69) is 5.10 Å². The van der Waals surface area contributed by atoms with Gasteiger partial charge in [-0.15, -0.1) is 0 Å². The average Bonchev–Trinajstić information content (AvgIpc) is 3.29. The third kappa shape index (κ3) is 3.09. The van der Waals surface area contributed by atoms with Crippen LogP contribution in [0.2, 0.25) is 0 Å². The van der Waals surface area contributed by atoms with Crippen LogP contribution in [0.5, 0.6) is 0 Å². The Hall–Kier alpha value is -3.54. The Labute approximate surface area is 202 Å². The van der Waals surface area contributed by atoms with Crippen LogP contribution in [0.4, 0.5) is 17.6 Å². The molecular weight excluding hydrogens is 482 g/mol. The number of fused-ring (bicyclic) bond motifs is 5. The lowest BCUT2D eigenvalue weighted by molar-refractivity contribution is -0.750. The number of imidazole rings is 1. The molecule has 1 saturated carbocycles. The number of carbonyl (C=O) groups is 2. The van der Waals surface area contributed by atoms with Gasteiger partial charge in [-0.25, -0.2) is 4.39 Å². The minimum absolute atomic E-state index is 0.0170. The molecule has 36 heavy (non-hydrogen) atoms. The molecule has 3 aromatic rings. The molecule has 1 saturated heterocycles. The van der Waals surface area contributed by atoms with Gasteiger partial charge in [-0.1, -0.05) is 9.61 Å². The van der Waals surface area contributed by atoms with Crippen molar-refractivity contribution in [1.82, 2.24) is 19.4 Å². The molecular formula is C24H22F4N5O3+. The molecule has 1 atom stereocenters. The number of piperazine rings is 1. The Kier molecular flexibility index (Phi) is 4.61. The van der Waals surface area contributed by atoms with Gasteiger partial charge in [0.25, 0.3) is 5.91 Å². The number of amides is 2. The number of benzene rings is 1. The van der Waals surface area contributed by atoms with Crippen LogP contribution in [0.25, 0.3) is 16.9 Å². The highest BCUT2D eigenvalue weighted by Crippen LogP contribution is 2.39. The summed E-state index contributed by atoms with van der Waals surface area (Å²) in [6.45, 7) is 1.83. The molecule has 0 radical (unpaired) electrons. The Morgan fingerprint density at radius 3 is 2.47 bits per heavy atom. The first-order chi connectivity index (χ1) is 16.9.